The van der Waals surface area contributed by atoms with Gasteiger partial charge in [-0.1, -0.05) is 13.3 Å². The van der Waals surface area contributed by atoms with Gasteiger partial charge >= 0.3 is 0 Å². The second kappa shape index (κ2) is 7.83. The molecule has 0 aromatic heterocycles. The lowest BCUT2D eigenvalue weighted by Gasteiger charge is -2.41. The van der Waals surface area contributed by atoms with Gasteiger partial charge < -0.3 is 24.8 Å². The van der Waals surface area contributed by atoms with Gasteiger partial charge in [0.2, 0.25) is 0 Å². The van der Waals surface area contributed by atoms with E-state index in [1.54, 1.807) is 0 Å². The van der Waals surface area contributed by atoms with Gasteiger partial charge in [-0.05, 0) is 18.8 Å². The van der Waals surface area contributed by atoms with Crippen LogP contribution in [0.5, 0.6) is 0 Å². The van der Waals surface area contributed by atoms with E-state index in [9.17, 15) is 20.1 Å². The average Bonchev–Trinajstić information content (AvgIpc) is 2.47. The highest BCUT2D eigenvalue weighted by Crippen LogP contribution is 2.37. The van der Waals surface area contributed by atoms with Crippen molar-refractivity contribution in [2.45, 2.75) is 61.5 Å². The van der Waals surface area contributed by atoms with E-state index < -0.39 is 37.0 Å². The number of aliphatic hydroxyl groups excluding tert-OH is 3. The molecule has 0 aromatic rings. The van der Waals surface area contributed by atoms with E-state index >= 15 is 0 Å². The van der Waals surface area contributed by atoms with Crippen molar-refractivity contribution in [2.24, 2.45) is 11.8 Å². The van der Waals surface area contributed by atoms with Crippen molar-refractivity contribution in [3.63, 3.8) is 0 Å². The standard InChI is InChI=1S/C14H24O6S2/c1-6-2-3-7(14(21)22)8(4-6)19-13-12(18)11(17)10(16)9(5-15)20-13/h6-10,12-16,18,21-22H,2-5H2,1H3/t6-,7?,8-,9-,10-,12-,13-/m1/s1. The number of carbonyl (C=O) groups excluding carboxylic acids is 1. The zero-order chi connectivity index (χ0) is 16.4. The molecule has 1 aliphatic heterocycles. The maximum absolute atomic E-state index is 11.8. The summed E-state index contributed by atoms with van der Waals surface area (Å²) in [6.45, 7) is 1.59. The molecule has 0 amide bonds. The first-order valence-corrected chi connectivity index (χ1v) is 8.56. The van der Waals surface area contributed by atoms with Crippen molar-refractivity contribution in [1.82, 2.24) is 0 Å². The number of ether oxygens (including phenoxy) is 2. The third kappa shape index (κ3) is 3.98. The molecule has 2 rings (SSSR count). The Kier molecular flexibility index (Phi) is 6.59. The maximum atomic E-state index is 11.8. The predicted molar refractivity (Wildman–Crippen MR) is 85.9 cm³/mol. The highest BCUT2D eigenvalue weighted by molar-refractivity contribution is 7.99. The molecule has 6 nitrogen and oxygen atoms in total. The van der Waals surface area contributed by atoms with Crippen molar-refractivity contribution in [1.29, 1.82) is 0 Å². The SMILES string of the molecule is C[C@@H]1CCC(C(S)S)[C@H](O[C@@H]2O[C@H](CO)[C@@H](O)C(=O)[C@H]2O)C1. The van der Waals surface area contributed by atoms with Crippen LogP contribution in [0.15, 0.2) is 0 Å². The third-order valence-electron chi connectivity index (χ3n) is 4.48. The van der Waals surface area contributed by atoms with Crippen LogP contribution in [0.3, 0.4) is 0 Å². The lowest BCUT2D eigenvalue weighted by Crippen LogP contribution is -2.58. The third-order valence-corrected chi connectivity index (χ3v) is 5.24. The first-order chi connectivity index (χ1) is 10.3. The summed E-state index contributed by atoms with van der Waals surface area (Å²) in [7, 11) is 0. The fourth-order valence-electron chi connectivity index (χ4n) is 3.08. The second-order valence-corrected chi connectivity index (χ2v) is 7.71. The van der Waals surface area contributed by atoms with Crippen LogP contribution in [-0.2, 0) is 14.3 Å². The Bertz CT molecular complexity index is 394. The zero-order valence-electron chi connectivity index (χ0n) is 12.4. The molecule has 0 bridgehead atoms. The number of rotatable bonds is 4. The first kappa shape index (κ1) is 18.5. The number of carbonyl (C=O) groups is 1. The van der Waals surface area contributed by atoms with Crippen LogP contribution in [0.4, 0.5) is 0 Å². The molecular formula is C14H24O6S2. The highest BCUT2D eigenvalue weighted by atomic mass is 32.2. The van der Waals surface area contributed by atoms with E-state index in [0.717, 1.165) is 19.3 Å². The van der Waals surface area contributed by atoms with Gasteiger partial charge in [0.1, 0.15) is 12.2 Å². The van der Waals surface area contributed by atoms with E-state index in [4.69, 9.17) is 9.47 Å². The Morgan fingerprint density at radius 3 is 2.59 bits per heavy atom. The van der Waals surface area contributed by atoms with Crippen LogP contribution in [0.1, 0.15) is 26.2 Å². The maximum Gasteiger partial charge on any atom is 0.197 e. The Morgan fingerprint density at radius 1 is 1.32 bits per heavy atom. The molecule has 1 saturated carbocycles. The van der Waals surface area contributed by atoms with E-state index in [-0.39, 0.29) is 16.6 Å². The Balaban J connectivity index is 2.07. The Morgan fingerprint density at radius 2 is 2.00 bits per heavy atom. The molecule has 1 heterocycles. The number of ketones is 1. The number of hydrogen-bond acceptors (Lipinski definition) is 8. The fourth-order valence-corrected chi connectivity index (χ4v) is 3.77. The summed E-state index contributed by atoms with van der Waals surface area (Å²) in [5, 5.41) is 28.8. The van der Waals surface area contributed by atoms with Crippen LogP contribution >= 0.6 is 25.3 Å². The Labute approximate surface area is 141 Å². The molecular weight excluding hydrogens is 328 g/mol. The molecule has 0 radical (unpaired) electrons. The number of aliphatic hydroxyl groups is 3. The fraction of sp³-hybridized carbons (Fsp3) is 0.929. The van der Waals surface area contributed by atoms with Crippen LogP contribution < -0.4 is 0 Å². The van der Waals surface area contributed by atoms with Crippen molar-refractivity contribution in [3.8, 4) is 0 Å². The van der Waals surface area contributed by atoms with Gasteiger partial charge in [0.15, 0.2) is 18.2 Å². The molecule has 22 heavy (non-hydrogen) atoms. The molecule has 0 spiro atoms. The number of hydrogen-bond donors (Lipinski definition) is 5. The average molecular weight is 352 g/mol. The Hall–Kier alpha value is 0.170. The molecule has 3 N–H and O–H groups in total. The molecule has 0 aromatic carbocycles. The van der Waals surface area contributed by atoms with Gasteiger partial charge in [0.25, 0.3) is 0 Å². The molecule has 1 aliphatic carbocycles. The minimum absolute atomic E-state index is 0.0770. The molecule has 8 heteroatoms. The molecule has 2 aliphatic rings. The van der Waals surface area contributed by atoms with Crippen LogP contribution in [0.2, 0.25) is 0 Å². The van der Waals surface area contributed by atoms with Gasteiger partial charge in [0, 0.05) is 10.5 Å². The smallest absolute Gasteiger partial charge is 0.197 e. The van der Waals surface area contributed by atoms with E-state index in [1.807, 2.05) is 0 Å². The lowest BCUT2D eigenvalue weighted by atomic mass is 9.81. The molecule has 1 saturated heterocycles. The summed E-state index contributed by atoms with van der Waals surface area (Å²) in [5.41, 5.74) is 0. The van der Waals surface area contributed by atoms with Gasteiger partial charge in [-0.25, -0.2) is 0 Å². The lowest BCUT2D eigenvalue weighted by molar-refractivity contribution is -0.276. The summed E-state index contributed by atoms with van der Waals surface area (Å²) >= 11 is 8.74. The van der Waals surface area contributed by atoms with E-state index in [2.05, 4.69) is 32.2 Å². The summed E-state index contributed by atoms with van der Waals surface area (Å²) in [6, 6.07) is 0. The zero-order valence-corrected chi connectivity index (χ0v) is 14.2. The summed E-state index contributed by atoms with van der Waals surface area (Å²) in [5.74, 6) is -0.255. The van der Waals surface area contributed by atoms with Crippen LogP contribution in [0.25, 0.3) is 0 Å². The normalized spacial score (nSPS) is 43.6. The molecule has 7 atom stereocenters. The van der Waals surface area contributed by atoms with Gasteiger partial charge in [-0.3, -0.25) is 4.79 Å². The molecule has 1 unspecified atom stereocenters. The topological polar surface area (TPSA) is 96.2 Å². The highest BCUT2D eigenvalue weighted by Gasteiger charge is 2.46. The van der Waals surface area contributed by atoms with Gasteiger partial charge in [-0.15, -0.1) is 0 Å². The quantitative estimate of drug-likeness (QED) is 0.361. The second-order valence-electron chi connectivity index (χ2n) is 6.19. The molecule has 128 valence electrons. The predicted octanol–water partition coefficient (Wildman–Crippen LogP) is 0.00160. The van der Waals surface area contributed by atoms with Crippen LogP contribution in [-0.4, -0.2) is 63.0 Å². The van der Waals surface area contributed by atoms with Crippen molar-refractivity contribution in [2.75, 3.05) is 6.61 Å². The molecule has 2 fully saturated rings. The van der Waals surface area contributed by atoms with Gasteiger partial charge in [-0.2, -0.15) is 25.3 Å². The van der Waals surface area contributed by atoms with Gasteiger partial charge in [0.05, 0.1) is 12.7 Å². The van der Waals surface area contributed by atoms with Crippen molar-refractivity contribution < 1.29 is 29.6 Å². The number of thiol groups is 2. The van der Waals surface area contributed by atoms with E-state index in [1.165, 1.54) is 0 Å². The monoisotopic (exact) mass is 352 g/mol. The van der Waals surface area contributed by atoms with Crippen molar-refractivity contribution >= 4 is 31.0 Å². The summed E-state index contributed by atoms with van der Waals surface area (Å²) in [4.78, 5) is 11.8. The van der Waals surface area contributed by atoms with Crippen LogP contribution in [0, 0.1) is 11.8 Å². The largest absolute Gasteiger partial charge is 0.394 e. The number of Topliss-reactive ketones (excluding diaryl/α,β-unsaturated/α-hetero) is 1. The summed E-state index contributed by atoms with van der Waals surface area (Å²) in [6.07, 6.45) is -2.91. The van der Waals surface area contributed by atoms with E-state index in [0.29, 0.717) is 5.92 Å². The first-order valence-electron chi connectivity index (χ1n) is 7.53. The summed E-state index contributed by atoms with van der Waals surface area (Å²) < 4.78 is 11.0. The van der Waals surface area contributed by atoms with Crippen molar-refractivity contribution in [3.05, 3.63) is 0 Å². The minimum Gasteiger partial charge on any atom is -0.394 e. The minimum atomic E-state index is -1.56.